The third-order valence-electron chi connectivity index (χ3n) is 7.26. The van der Waals surface area contributed by atoms with E-state index < -0.39 is 6.09 Å². The maximum absolute atomic E-state index is 12.3. The van der Waals surface area contributed by atoms with E-state index in [2.05, 4.69) is 20.9 Å². The van der Waals surface area contributed by atoms with Gasteiger partial charge in [0, 0.05) is 29.7 Å². The number of nitrogens with two attached hydrogens (primary N) is 1. The fraction of sp³-hybridized carbons (Fsp3) is 0.414. The quantitative estimate of drug-likeness (QED) is 0.276. The lowest BCUT2D eigenvalue weighted by Crippen LogP contribution is -2.21. The molecule has 0 spiro atoms. The summed E-state index contributed by atoms with van der Waals surface area (Å²) in [5, 5.41) is 13.9. The smallest absolute Gasteiger partial charge is 0.411 e. The Bertz CT molecular complexity index is 1360. The molecule has 1 atom stereocenters. The molecule has 3 N–H and O–H groups in total. The predicted molar refractivity (Wildman–Crippen MR) is 145 cm³/mol. The third-order valence-corrected chi connectivity index (χ3v) is 7.26. The van der Waals surface area contributed by atoms with Gasteiger partial charge in [-0.25, -0.2) is 4.79 Å². The first-order valence-electron chi connectivity index (χ1n) is 13.1. The van der Waals surface area contributed by atoms with Crippen LogP contribution in [0.3, 0.4) is 0 Å². The number of hydrogen-bond acceptors (Lipinski definition) is 5. The molecule has 0 bridgehead atoms. The van der Waals surface area contributed by atoms with E-state index in [0.717, 1.165) is 54.3 Å². The number of anilines is 1. The van der Waals surface area contributed by atoms with Crippen LogP contribution in [-0.2, 0) is 4.74 Å². The second-order valence-electron chi connectivity index (χ2n) is 9.87. The Hall–Kier alpha value is -3.99. The molecule has 2 aliphatic rings. The number of nitrogens with zero attached hydrogens (tertiary/aromatic N) is 3. The number of benzene rings is 2. The number of carbonyl (C=O) groups is 1. The molecule has 0 saturated heterocycles. The molecule has 0 radical (unpaired) electrons. The molecule has 1 heterocycles. The van der Waals surface area contributed by atoms with Crippen molar-refractivity contribution in [3.63, 3.8) is 0 Å². The van der Waals surface area contributed by atoms with Gasteiger partial charge in [0.05, 0.1) is 16.8 Å². The third kappa shape index (κ3) is 5.26. The van der Waals surface area contributed by atoms with Gasteiger partial charge in [-0.05, 0) is 81.7 Å². The molecule has 2 aliphatic carbocycles. The zero-order valence-corrected chi connectivity index (χ0v) is 21.4. The molecule has 2 saturated carbocycles. The Balaban J connectivity index is 1.45. The summed E-state index contributed by atoms with van der Waals surface area (Å²) >= 11 is 0. The van der Waals surface area contributed by atoms with E-state index in [4.69, 9.17) is 15.2 Å². The van der Waals surface area contributed by atoms with Gasteiger partial charge < -0.3 is 19.8 Å². The van der Waals surface area contributed by atoms with Crippen LogP contribution < -0.4 is 15.8 Å². The zero-order valence-electron chi connectivity index (χ0n) is 21.4. The highest BCUT2D eigenvalue weighted by atomic mass is 16.6. The number of nitrogens with one attached hydrogen (secondary N) is 1. The molecule has 1 aromatic heterocycles. The summed E-state index contributed by atoms with van der Waals surface area (Å²) in [5.74, 6) is 1.63. The average molecular weight is 500 g/mol. The van der Waals surface area contributed by atoms with Crippen molar-refractivity contribution in [2.24, 2.45) is 16.6 Å². The van der Waals surface area contributed by atoms with Crippen LogP contribution in [0.4, 0.5) is 10.5 Å². The van der Waals surface area contributed by atoms with Crippen molar-refractivity contribution in [2.75, 3.05) is 18.5 Å². The van der Waals surface area contributed by atoms with Crippen LogP contribution in [-0.4, -0.2) is 35.8 Å². The highest BCUT2D eigenvalue weighted by Gasteiger charge is 2.31. The van der Waals surface area contributed by atoms with Crippen LogP contribution in [0.5, 0.6) is 5.75 Å². The summed E-state index contributed by atoms with van der Waals surface area (Å²) in [6, 6.07) is 16.2. The lowest BCUT2D eigenvalue weighted by atomic mass is 9.92. The van der Waals surface area contributed by atoms with Gasteiger partial charge in [0.1, 0.15) is 30.4 Å². The van der Waals surface area contributed by atoms with Crippen molar-refractivity contribution in [3.05, 3.63) is 48.0 Å². The van der Waals surface area contributed by atoms with E-state index in [-0.39, 0.29) is 12.7 Å². The van der Waals surface area contributed by atoms with Crippen LogP contribution in [0, 0.1) is 17.2 Å². The second kappa shape index (κ2) is 10.6. The van der Waals surface area contributed by atoms with Crippen molar-refractivity contribution in [1.82, 2.24) is 4.57 Å². The molecular weight excluding hydrogens is 466 g/mol. The molecule has 5 rings (SSSR count). The topological polar surface area (TPSA) is 115 Å². The van der Waals surface area contributed by atoms with Crippen LogP contribution in [0.1, 0.15) is 57.6 Å². The lowest BCUT2D eigenvalue weighted by Gasteiger charge is -2.30. The minimum Gasteiger partial charge on any atom is -0.486 e. The number of carbonyl (C=O) groups excluding carboxylic acids is 1. The number of fused-ring (bicyclic) bond motifs is 1. The van der Waals surface area contributed by atoms with Gasteiger partial charge in [-0.2, -0.15) is 5.26 Å². The minimum atomic E-state index is -0.439. The minimum absolute atomic E-state index is 0.0696. The van der Waals surface area contributed by atoms with E-state index in [9.17, 15) is 10.1 Å². The Labute approximate surface area is 217 Å². The van der Waals surface area contributed by atoms with E-state index in [1.165, 1.54) is 0 Å². The molecule has 3 aromatic rings. The van der Waals surface area contributed by atoms with Crippen molar-refractivity contribution >= 4 is 28.5 Å². The van der Waals surface area contributed by atoms with E-state index >= 15 is 0 Å². The van der Waals surface area contributed by atoms with Crippen LogP contribution in [0.15, 0.2) is 47.5 Å². The van der Waals surface area contributed by atoms with Crippen LogP contribution in [0.25, 0.3) is 22.2 Å². The highest BCUT2D eigenvalue weighted by molar-refractivity contribution is 5.96. The largest absolute Gasteiger partial charge is 0.486 e. The van der Waals surface area contributed by atoms with Crippen molar-refractivity contribution in [1.29, 1.82) is 5.26 Å². The van der Waals surface area contributed by atoms with Crippen molar-refractivity contribution in [2.45, 2.75) is 58.1 Å². The first-order chi connectivity index (χ1) is 18.0. The first kappa shape index (κ1) is 24.7. The number of rotatable bonds is 9. The average Bonchev–Trinajstić information content (AvgIpc) is 3.66. The maximum atomic E-state index is 12.3. The second-order valence-corrected chi connectivity index (χ2v) is 9.87. The molecule has 37 heavy (non-hydrogen) atoms. The number of amidine groups is 1. The first-order valence-corrected chi connectivity index (χ1v) is 13.1. The Morgan fingerprint density at radius 3 is 2.59 bits per heavy atom. The Morgan fingerprint density at radius 2 is 1.97 bits per heavy atom. The van der Waals surface area contributed by atoms with Gasteiger partial charge in [0.15, 0.2) is 0 Å². The summed E-state index contributed by atoms with van der Waals surface area (Å²) in [6.07, 6.45) is 5.02. The van der Waals surface area contributed by atoms with Gasteiger partial charge >= 0.3 is 6.09 Å². The van der Waals surface area contributed by atoms with Crippen LogP contribution in [0.2, 0.25) is 0 Å². The lowest BCUT2D eigenvalue weighted by molar-refractivity contribution is 0.108. The summed E-state index contributed by atoms with van der Waals surface area (Å²) in [5.41, 5.74) is 9.98. The maximum Gasteiger partial charge on any atom is 0.411 e. The van der Waals surface area contributed by atoms with Gasteiger partial charge in [-0.15, -0.1) is 0 Å². The summed E-state index contributed by atoms with van der Waals surface area (Å²) in [4.78, 5) is 16.5. The predicted octanol–water partition coefficient (Wildman–Crippen LogP) is 6.01. The number of amides is 1. The van der Waals surface area contributed by atoms with E-state index in [1.807, 2.05) is 56.3 Å². The summed E-state index contributed by atoms with van der Waals surface area (Å²) < 4.78 is 13.7. The molecule has 8 nitrogen and oxygen atoms in total. The number of aromatic nitrogens is 1. The number of nitriles is 1. The molecular formula is C29H33N5O3. The molecule has 1 unspecified atom stereocenters. The molecule has 1 amide bonds. The molecule has 0 aliphatic heterocycles. The Morgan fingerprint density at radius 1 is 1.22 bits per heavy atom. The highest BCUT2D eigenvalue weighted by Crippen LogP contribution is 2.43. The van der Waals surface area contributed by atoms with E-state index in [0.29, 0.717) is 41.3 Å². The normalized spacial score (nSPS) is 16.6. The van der Waals surface area contributed by atoms with Crippen molar-refractivity contribution < 1.29 is 14.3 Å². The van der Waals surface area contributed by atoms with Gasteiger partial charge in [-0.3, -0.25) is 10.3 Å². The number of aliphatic imine (C=N–C) groups is 1. The van der Waals surface area contributed by atoms with Crippen molar-refractivity contribution in [3.8, 4) is 23.1 Å². The number of hydrogen-bond donors (Lipinski definition) is 2. The van der Waals surface area contributed by atoms with Crippen LogP contribution >= 0.6 is 0 Å². The summed E-state index contributed by atoms with van der Waals surface area (Å²) in [7, 11) is 0. The zero-order chi connectivity index (χ0) is 25.9. The van der Waals surface area contributed by atoms with E-state index in [1.54, 1.807) is 0 Å². The molecule has 192 valence electrons. The standard InChI is InChI=1S/C29H33N5O3/c1-3-32-27(31)17-36-23-13-14-24-25(16-30)28(34(26(24)15-23)22-5-4-6-22)20-9-11-21(12-10-20)33-29(35)37-18(2)19-7-8-19/h9-15,18-19,22H,3-8,17H2,1-2H3,(H2,31,32)(H,33,35). The fourth-order valence-corrected chi connectivity index (χ4v) is 4.90. The fourth-order valence-electron chi connectivity index (χ4n) is 4.90. The number of ether oxygens (including phenoxy) is 2. The monoisotopic (exact) mass is 499 g/mol. The summed E-state index contributed by atoms with van der Waals surface area (Å²) in [6.45, 7) is 4.70. The molecule has 8 heteroatoms. The molecule has 2 fully saturated rings. The Kier molecular flexibility index (Phi) is 7.04. The van der Waals surface area contributed by atoms with Gasteiger partial charge in [-0.1, -0.05) is 12.1 Å². The van der Waals surface area contributed by atoms with Gasteiger partial charge in [0.2, 0.25) is 0 Å². The molecule has 2 aromatic carbocycles. The van der Waals surface area contributed by atoms with Gasteiger partial charge in [0.25, 0.3) is 0 Å². The SMILES string of the molecule is CCN=C(N)COc1ccc2c(C#N)c(-c3ccc(NC(=O)OC(C)C4CC4)cc3)n(C3CCC3)c2c1.